The number of hydrogen-bond acceptors (Lipinski definition) is 3. The minimum Gasteiger partial charge on any atom is -0.370 e. The second kappa shape index (κ2) is 5.93. The van der Waals surface area contributed by atoms with Gasteiger partial charge < -0.3 is 9.64 Å². The fourth-order valence-corrected chi connectivity index (χ4v) is 4.81. The summed E-state index contributed by atoms with van der Waals surface area (Å²) in [6.45, 7) is 2.20. The van der Waals surface area contributed by atoms with Gasteiger partial charge >= 0.3 is 0 Å². The van der Waals surface area contributed by atoms with E-state index in [0.717, 1.165) is 25.9 Å². The quantitative estimate of drug-likeness (QED) is 0.777. The highest BCUT2D eigenvalue weighted by Crippen LogP contribution is 2.43. The van der Waals surface area contributed by atoms with Crippen molar-refractivity contribution in [3.05, 3.63) is 56.7 Å². The molecule has 4 rings (SSSR count). The Hall–Kier alpha value is -1.36. The Kier molecular flexibility index (Phi) is 3.92. The summed E-state index contributed by atoms with van der Waals surface area (Å²) < 4.78 is 6.19. The minimum atomic E-state index is -0.190. The summed E-state index contributed by atoms with van der Waals surface area (Å²) in [4.78, 5) is 16.0. The van der Waals surface area contributed by atoms with Crippen molar-refractivity contribution in [3.63, 3.8) is 0 Å². The van der Waals surface area contributed by atoms with E-state index >= 15 is 0 Å². The molecule has 0 unspecified atom stereocenters. The van der Waals surface area contributed by atoms with Crippen molar-refractivity contribution in [2.75, 3.05) is 19.7 Å². The molecule has 2 aliphatic rings. The van der Waals surface area contributed by atoms with Crippen molar-refractivity contribution in [1.29, 1.82) is 0 Å². The third kappa shape index (κ3) is 2.59. The molecule has 2 aromatic rings. The van der Waals surface area contributed by atoms with Crippen LogP contribution >= 0.6 is 22.9 Å². The van der Waals surface area contributed by atoms with E-state index in [9.17, 15) is 4.79 Å². The Bertz CT molecular complexity index is 734. The molecule has 0 atom stereocenters. The van der Waals surface area contributed by atoms with Crippen LogP contribution in [0.5, 0.6) is 0 Å². The van der Waals surface area contributed by atoms with Gasteiger partial charge in [-0.25, -0.2) is 0 Å². The van der Waals surface area contributed by atoms with Crippen LogP contribution in [0.2, 0.25) is 5.02 Å². The predicted octanol–water partition coefficient (Wildman–Crippen LogP) is 4.11. The van der Waals surface area contributed by atoms with Crippen LogP contribution in [-0.2, 0) is 16.8 Å². The van der Waals surface area contributed by atoms with Crippen LogP contribution in [0.25, 0.3) is 0 Å². The monoisotopic (exact) mass is 347 g/mol. The van der Waals surface area contributed by atoms with Crippen LogP contribution in [0.1, 0.15) is 33.6 Å². The number of hydrogen-bond donors (Lipinski definition) is 0. The number of carbonyl (C=O) groups is 1. The molecule has 5 heteroatoms. The molecule has 1 fully saturated rings. The number of rotatable bonds is 1. The molecule has 1 aromatic heterocycles. The molecular weight excluding hydrogens is 330 g/mol. The summed E-state index contributed by atoms with van der Waals surface area (Å²) in [6.07, 6.45) is 2.72. The first-order valence-electron chi connectivity index (χ1n) is 7.94. The average molecular weight is 348 g/mol. The van der Waals surface area contributed by atoms with Gasteiger partial charge in [-0.3, -0.25) is 4.79 Å². The number of piperidine rings is 1. The number of amides is 1. The van der Waals surface area contributed by atoms with Gasteiger partial charge in [0.15, 0.2) is 0 Å². The zero-order chi connectivity index (χ0) is 15.9. The molecule has 0 aliphatic carbocycles. The first kappa shape index (κ1) is 15.2. The van der Waals surface area contributed by atoms with Crippen molar-refractivity contribution >= 4 is 28.8 Å². The molecule has 3 heterocycles. The van der Waals surface area contributed by atoms with E-state index in [1.807, 2.05) is 28.4 Å². The van der Waals surface area contributed by atoms with Crippen LogP contribution in [-0.4, -0.2) is 30.5 Å². The molecule has 3 nitrogen and oxygen atoms in total. The highest BCUT2D eigenvalue weighted by molar-refractivity contribution is 7.10. The summed E-state index contributed by atoms with van der Waals surface area (Å²) in [5.74, 6) is 0.0202. The Labute approximate surface area is 144 Å². The standard InChI is InChI=1S/C18H18ClNO2S/c19-15-4-2-1-3-13(15)17(21)20-9-7-18(8-10-20)14-6-12-23-16(14)5-11-22-18/h1-4,6,12H,5,7-11H2. The van der Waals surface area contributed by atoms with Gasteiger partial charge in [-0.2, -0.15) is 0 Å². The van der Waals surface area contributed by atoms with Gasteiger partial charge in [0.1, 0.15) is 0 Å². The molecule has 2 aliphatic heterocycles. The zero-order valence-corrected chi connectivity index (χ0v) is 14.3. The van der Waals surface area contributed by atoms with Gasteiger partial charge in [-0.05, 0) is 42.0 Å². The van der Waals surface area contributed by atoms with E-state index in [0.29, 0.717) is 23.7 Å². The van der Waals surface area contributed by atoms with Crippen molar-refractivity contribution in [3.8, 4) is 0 Å². The molecule has 0 radical (unpaired) electrons. The number of halogens is 1. The maximum absolute atomic E-state index is 12.7. The summed E-state index contributed by atoms with van der Waals surface area (Å²) in [6, 6.07) is 9.46. The Morgan fingerprint density at radius 3 is 2.78 bits per heavy atom. The van der Waals surface area contributed by atoms with E-state index in [-0.39, 0.29) is 11.5 Å². The molecular formula is C18H18ClNO2S. The molecule has 120 valence electrons. The maximum Gasteiger partial charge on any atom is 0.255 e. The lowest BCUT2D eigenvalue weighted by molar-refractivity contribution is -0.0926. The first-order valence-corrected chi connectivity index (χ1v) is 9.20. The summed E-state index contributed by atoms with van der Waals surface area (Å²) in [7, 11) is 0. The molecule has 1 amide bonds. The van der Waals surface area contributed by atoms with Crippen molar-refractivity contribution in [1.82, 2.24) is 4.90 Å². The Morgan fingerprint density at radius 1 is 1.22 bits per heavy atom. The van der Waals surface area contributed by atoms with Gasteiger partial charge in [0.25, 0.3) is 5.91 Å². The fraction of sp³-hybridized carbons (Fsp3) is 0.389. The smallest absolute Gasteiger partial charge is 0.255 e. The van der Waals surface area contributed by atoms with E-state index in [4.69, 9.17) is 16.3 Å². The predicted molar refractivity (Wildman–Crippen MR) is 92.2 cm³/mol. The second-order valence-electron chi connectivity index (χ2n) is 6.12. The van der Waals surface area contributed by atoms with Gasteiger partial charge in [-0.15, -0.1) is 11.3 Å². The van der Waals surface area contributed by atoms with Crippen molar-refractivity contribution in [2.45, 2.75) is 24.9 Å². The van der Waals surface area contributed by atoms with E-state index in [1.54, 1.807) is 12.1 Å². The topological polar surface area (TPSA) is 29.5 Å². The molecule has 0 saturated carbocycles. The van der Waals surface area contributed by atoms with Gasteiger partial charge in [-0.1, -0.05) is 23.7 Å². The average Bonchev–Trinajstić information content (AvgIpc) is 3.06. The van der Waals surface area contributed by atoms with Crippen LogP contribution in [0.4, 0.5) is 0 Å². The lowest BCUT2D eigenvalue weighted by atomic mass is 9.82. The summed E-state index contributed by atoms with van der Waals surface area (Å²) in [5, 5.41) is 2.68. The number of thiophene rings is 1. The number of nitrogens with zero attached hydrogens (tertiary/aromatic N) is 1. The molecule has 1 saturated heterocycles. The van der Waals surface area contributed by atoms with Gasteiger partial charge in [0, 0.05) is 24.4 Å². The van der Waals surface area contributed by atoms with E-state index < -0.39 is 0 Å². The van der Waals surface area contributed by atoms with Crippen molar-refractivity contribution in [2.24, 2.45) is 0 Å². The minimum absolute atomic E-state index is 0.0202. The van der Waals surface area contributed by atoms with Gasteiger partial charge in [0.05, 0.1) is 22.8 Å². The van der Waals surface area contributed by atoms with Crippen LogP contribution in [0.15, 0.2) is 35.7 Å². The molecule has 0 N–H and O–H groups in total. The third-order valence-corrected chi connectivity index (χ3v) is 6.22. The van der Waals surface area contributed by atoms with Crippen molar-refractivity contribution < 1.29 is 9.53 Å². The molecule has 1 aromatic carbocycles. The van der Waals surface area contributed by atoms with Gasteiger partial charge in [0.2, 0.25) is 0 Å². The zero-order valence-electron chi connectivity index (χ0n) is 12.8. The lowest BCUT2D eigenvalue weighted by Gasteiger charge is -2.44. The molecule has 0 bridgehead atoms. The Morgan fingerprint density at radius 2 is 2.00 bits per heavy atom. The highest BCUT2D eigenvalue weighted by Gasteiger charge is 2.42. The molecule has 1 spiro atoms. The number of likely N-dealkylation sites (tertiary alicyclic amines) is 1. The Balaban J connectivity index is 1.52. The fourth-order valence-electron chi connectivity index (χ4n) is 3.65. The number of fused-ring (bicyclic) bond motifs is 2. The van der Waals surface area contributed by atoms with E-state index in [1.165, 1.54) is 10.4 Å². The van der Waals surface area contributed by atoms with Crippen LogP contribution in [0, 0.1) is 0 Å². The number of benzene rings is 1. The lowest BCUT2D eigenvalue weighted by Crippen LogP contribution is -2.48. The summed E-state index contributed by atoms with van der Waals surface area (Å²) >= 11 is 7.98. The first-order chi connectivity index (χ1) is 11.2. The normalized spacial score (nSPS) is 19.6. The second-order valence-corrected chi connectivity index (χ2v) is 7.53. The largest absolute Gasteiger partial charge is 0.370 e. The molecule has 23 heavy (non-hydrogen) atoms. The van der Waals surface area contributed by atoms with Crippen LogP contribution in [0.3, 0.4) is 0 Å². The van der Waals surface area contributed by atoms with E-state index in [2.05, 4.69) is 11.4 Å². The third-order valence-electron chi connectivity index (χ3n) is 4.91. The van der Waals surface area contributed by atoms with Crippen LogP contribution < -0.4 is 0 Å². The maximum atomic E-state index is 12.7. The number of carbonyl (C=O) groups excluding carboxylic acids is 1. The SMILES string of the molecule is O=C(c1ccccc1Cl)N1CCC2(CC1)OCCc1sccc12. The highest BCUT2D eigenvalue weighted by atomic mass is 35.5. The summed E-state index contributed by atoms with van der Waals surface area (Å²) in [5.41, 5.74) is 1.75. The number of ether oxygens (including phenoxy) is 1.